The van der Waals surface area contributed by atoms with Crippen LogP contribution in [0.1, 0.15) is 40.0 Å². The van der Waals surface area contributed by atoms with Crippen LogP contribution in [0, 0.1) is 16.7 Å². The van der Waals surface area contributed by atoms with E-state index in [1.54, 1.807) is 30.3 Å². The zero-order valence-corrected chi connectivity index (χ0v) is 15.4. The number of carbonyl (C=O) groups is 2. The maximum absolute atomic E-state index is 11.5. The Bertz CT molecular complexity index is 705. The highest BCUT2D eigenvalue weighted by atomic mass is 16.5. The summed E-state index contributed by atoms with van der Waals surface area (Å²) in [5.74, 6) is 0.244. The summed E-state index contributed by atoms with van der Waals surface area (Å²) >= 11 is 0. The Morgan fingerprint density at radius 3 is 2.77 bits per heavy atom. The summed E-state index contributed by atoms with van der Waals surface area (Å²) in [6, 6.07) is 8.69. The van der Waals surface area contributed by atoms with Gasteiger partial charge < -0.3 is 20.1 Å². The average molecular weight is 359 g/mol. The van der Waals surface area contributed by atoms with E-state index in [2.05, 4.69) is 5.32 Å². The summed E-state index contributed by atoms with van der Waals surface area (Å²) in [5.41, 5.74) is 0.381. The van der Waals surface area contributed by atoms with E-state index in [0.717, 1.165) is 0 Å². The molecule has 2 unspecified atom stereocenters. The van der Waals surface area contributed by atoms with Gasteiger partial charge in [0.15, 0.2) is 0 Å². The summed E-state index contributed by atoms with van der Waals surface area (Å²) in [4.78, 5) is 24.5. The molecule has 1 heterocycles. The van der Waals surface area contributed by atoms with Gasteiger partial charge in [0.25, 0.3) is 0 Å². The van der Waals surface area contributed by atoms with Crippen molar-refractivity contribution in [3.63, 3.8) is 0 Å². The Morgan fingerprint density at radius 2 is 2.15 bits per heavy atom. The molecule has 26 heavy (non-hydrogen) atoms. The van der Waals surface area contributed by atoms with Crippen LogP contribution in [0.2, 0.25) is 0 Å². The molecule has 0 spiro atoms. The number of ether oxygens (including phenoxy) is 1. The molecule has 7 nitrogen and oxygen atoms in total. The van der Waals surface area contributed by atoms with Crippen molar-refractivity contribution < 1.29 is 19.4 Å². The molecule has 0 radical (unpaired) electrons. The highest BCUT2D eigenvalue weighted by molar-refractivity contribution is 5.92. The van der Waals surface area contributed by atoms with Crippen LogP contribution in [0.4, 0.5) is 10.5 Å². The van der Waals surface area contributed by atoms with Crippen LogP contribution in [-0.4, -0.2) is 40.7 Å². The van der Waals surface area contributed by atoms with E-state index < -0.39 is 6.09 Å². The number of benzene rings is 1. The van der Waals surface area contributed by atoms with Gasteiger partial charge in [0, 0.05) is 37.2 Å². The van der Waals surface area contributed by atoms with E-state index in [1.807, 2.05) is 20.8 Å². The first-order valence-corrected chi connectivity index (χ1v) is 8.64. The minimum Gasteiger partial charge on any atom is -0.490 e. The second-order valence-corrected chi connectivity index (χ2v) is 7.53. The lowest BCUT2D eigenvalue weighted by Gasteiger charge is -2.44. The smallest absolute Gasteiger partial charge is 0.407 e. The predicted octanol–water partition coefficient (Wildman–Crippen LogP) is 3.47. The summed E-state index contributed by atoms with van der Waals surface area (Å²) in [5, 5.41) is 20.6. The van der Waals surface area contributed by atoms with Gasteiger partial charge in [0.05, 0.1) is 6.07 Å². The highest BCUT2D eigenvalue weighted by Crippen LogP contribution is 2.34. The van der Waals surface area contributed by atoms with Gasteiger partial charge in [0.1, 0.15) is 18.3 Å². The molecule has 1 aliphatic heterocycles. The van der Waals surface area contributed by atoms with E-state index in [4.69, 9.17) is 10.00 Å². The van der Waals surface area contributed by atoms with E-state index in [1.165, 1.54) is 4.90 Å². The number of nitriles is 1. The van der Waals surface area contributed by atoms with E-state index >= 15 is 0 Å². The summed E-state index contributed by atoms with van der Waals surface area (Å²) in [6.45, 7) is 6.52. The van der Waals surface area contributed by atoms with Gasteiger partial charge in [-0.15, -0.1) is 0 Å². The zero-order valence-electron chi connectivity index (χ0n) is 15.4. The van der Waals surface area contributed by atoms with Gasteiger partial charge in [-0.25, -0.2) is 4.79 Å². The van der Waals surface area contributed by atoms with Gasteiger partial charge >= 0.3 is 6.09 Å². The van der Waals surface area contributed by atoms with Crippen LogP contribution in [0.3, 0.4) is 0 Å². The molecule has 0 bridgehead atoms. The van der Waals surface area contributed by atoms with Gasteiger partial charge in [-0.3, -0.25) is 4.79 Å². The molecule has 1 aromatic carbocycles. The fourth-order valence-electron chi connectivity index (χ4n) is 3.21. The lowest BCUT2D eigenvalue weighted by Crippen LogP contribution is -2.53. The van der Waals surface area contributed by atoms with Gasteiger partial charge in [-0.2, -0.15) is 5.26 Å². The van der Waals surface area contributed by atoms with Crippen LogP contribution in [0.15, 0.2) is 24.3 Å². The molecule has 2 N–H and O–H groups in total. The Hall–Kier alpha value is -2.75. The summed E-state index contributed by atoms with van der Waals surface area (Å²) in [7, 11) is 0. The molecule has 7 heteroatoms. The van der Waals surface area contributed by atoms with E-state index in [9.17, 15) is 14.7 Å². The van der Waals surface area contributed by atoms with Gasteiger partial charge in [-0.05, 0) is 17.5 Å². The topological polar surface area (TPSA) is 103 Å². The molecule has 0 aliphatic carbocycles. The molecule has 1 aliphatic rings. The van der Waals surface area contributed by atoms with Crippen molar-refractivity contribution in [2.24, 2.45) is 5.41 Å². The molecule has 1 fully saturated rings. The minimum atomic E-state index is -0.898. The number of piperidine rings is 1. The van der Waals surface area contributed by atoms with Crippen LogP contribution < -0.4 is 10.1 Å². The molecule has 0 aromatic heterocycles. The first-order chi connectivity index (χ1) is 12.2. The second-order valence-electron chi connectivity index (χ2n) is 7.53. The molecule has 1 aromatic rings. The largest absolute Gasteiger partial charge is 0.490 e. The van der Waals surface area contributed by atoms with Crippen molar-refractivity contribution in [2.75, 3.05) is 11.9 Å². The zero-order chi connectivity index (χ0) is 19.3. The second kappa shape index (κ2) is 8.09. The Balaban J connectivity index is 2.06. The number of rotatable bonds is 4. The van der Waals surface area contributed by atoms with Crippen molar-refractivity contribution in [1.29, 1.82) is 5.26 Å². The van der Waals surface area contributed by atoms with Gasteiger partial charge in [-0.1, -0.05) is 26.8 Å². The Morgan fingerprint density at radius 1 is 1.42 bits per heavy atom. The van der Waals surface area contributed by atoms with Crippen LogP contribution in [0.5, 0.6) is 5.75 Å². The molecule has 2 rings (SSSR count). The van der Waals surface area contributed by atoms with Crippen LogP contribution >= 0.6 is 0 Å². The first-order valence-electron chi connectivity index (χ1n) is 8.64. The predicted molar refractivity (Wildman–Crippen MR) is 96.9 cm³/mol. The maximum atomic E-state index is 11.5. The van der Waals surface area contributed by atoms with E-state index in [-0.39, 0.29) is 29.9 Å². The monoisotopic (exact) mass is 359 g/mol. The number of carbonyl (C=O) groups excluding carboxylic acids is 1. The summed E-state index contributed by atoms with van der Waals surface area (Å²) in [6.07, 6.45) is 0.0296. The number of nitrogens with one attached hydrogen (secondary N) is 1. The number of amides is 2. The first kappa shape index (κ1) is 19.6. The van der Waals surface area contributed by atoms with Crippen LogP contribution in [-0.2, 0) is 4.79 Å². The van der Waals surface area contributed by atoms with Crippen molar-refractivity contribution in [3.05, 3.63) is 24.3 Å². The third-order valence-electron chi connectivity index (χ3n) is 4.46. The fourth-order valence-corrected chi connectivity index (χ4v) is 3.21. The molecule has 2 atom stereocenters. The third-order valence-corrected chi connectivity index (χ3v) is 4.46. The average Bonchev–Trinajstić information content (AvgIpc) is 2.54. The quantitative estimate of drug-likeness (QED) is 0.857. The lowest BCUT2D eigenvalue weighted by molar-refractivity contribution is -0.115. The highest BCUT2D eigenvalue weighted by Gasteiger charge is 2.39. The molecular weight excluding hydrogens is 334 g/mol. The van der Waals surface area contributed by atoms with Crippen molar-refractivity contribution in [3.8, 4) is 11.8 Å². The minimum absolute atomic E-state index is 0.0973. The molecular formula is C19H25N3O4. The molecule has 140 valence electrons. The molecule has 0 saturated carbocycles. The standard InChI is InChI=1S/C19H25N3O4/c1-19(2,3)16-12-15(8-10-22(16)18(24)25)26-14-6-4-5-13(11-14)21-17(23)7-9-20/h4-6,11,15-16H,7-8,10,12H2,1-3H3,(H,21,23)(H,24,25). The lowest BCUT2D eigenvalue weighted by atomic mass is 9.80. The van der Waals surface area contributed by atoms with Crippen molar-refractivity contribution >= 4 is 17.7 Å². The number of carboxylic acid groups (broad SMARTS) is 1. The Labute approximate surface area is 153 Å². The van der Waals surface area contributed by atoms with E-state index in [0.29, 0.717) is 30.8 Å². The fraction of sp³-hybridized carbons (Fsp3) is 0.526. The summed E-state index contributed by atoms with van der Waals surface area (Å²) < 4.78 is 6.06. The SMILES string of the molecule is CC(C)(C)C1CC(Oc2cccc(NC(=O)CC#N)c2)CCN1C(=O)O. The number of hydrogen-bond donors (Lipinski definition) is 2. The Kier molecular flexibility index (Phi) is 6.09. The number of nitrogens with zero attached hydrogens (tertiary/aromatic N) is 2. The third kappa shape index (κ3) is 5.12. The number of likely N-dealkylation sites (tertiary alicyclic amines) is 1. The maximum Gasteiger partial charge on any atom is 0.407 e. The number of anilines is 1. The molecule has 2 amide bonds. The normalized spacial score (nSPS) is 20.2. The molecule has 1 saturated heterocycles. The van der Waals surface area contributed by atoms with Gasteiger partial charge in [0.2, 0.25) is 5.91 Å². The van der Waals surface area contributed by atoms with Crippen LogP contribution in [0.25, 0.3) is 0 Å². The van der Waals surface area contributed by atoms with Crippen molar-refractivity contribution in [1.82, 2.24) is 4.90 Å². The number of hydrogen-bond acceptors (Lipinski definition) is 4. The van der Waals surface area contributed by atoms with Crippen molar-refractivity contribution in [2.45, 2.75) is 52.2 Å².